The van der Waals surface area contributed by atoms with Gasteiger partial charge in [-0.3, -0.25) is 0 Å². The molecule has 0 unspecified atom stereocenters. The quantitative estimate of drug-likeness (QED) is 0.178. The molecule has 1 aliphatic heterocycles. The Morgan fingerprint density at radius 2 is 1.06 bits per heavy atom. The van der Waals surface area contributed by atoms with Crippen molar-refractivity contribution in [3.63, 3.8) is 0 Å². The summed E-state index contributed by atoms with van der Waals surface area (Å²) in [5.74, 6) is 0. The maximum absolute atomic E-state index is 7.05. The highest BCUT2D eigenvalue weighted by atomic mass is 32.1. The molecular weight excluding hydrogens is 892 g/mol. The van der Waals surface area contributed by atoms with Gasteiger partial charge in [0.15, 0.2) is 0 Å². The Bertz CT molecular complexity index is 3800. The van der Waals surface area contributed by atoms with Crippen molar-refractivity contribution in [2.24, 2.45) is 0 Å². The standard InChI is InChI=1S/C67H70BN2OS/c1-38-32-47-51(67(12,13)31-28-63(47,4)5)37-54(38)70-53-25-23-42-40-18-14-16-20-55(40)71-60(42)58(53)68-57-44(34-45-41-19-15-17-21-56(41)72-61(45)59(57)70)43-35-49-50(66(10,11)30-29-65(49,8)9)36-52(43)69-39-22-24-46-48(33-39)64(6,7)27-26-62(46,2)3/h14-25,32-37,69H,26-31H2,1-13H3. The summed E-state index contributed by atoms with van der Waals surface area (Å²) >= 11 is 1.94. The van der Waals surface area contributed by atoms with E-state index in [0.717, 1.165) is 63.7 Å². The van der Waals surface area contributed by atoms with Crippen LogP contribution in [0.25, 0.3) is 53.2 Å². The van der Waals surface area contributed by atoms with Crippen molar-refractivity contribution in [1.29, 1.82) is 0 Å². The number of nitrogens with zero attached hydrogens (tertiary/aromatic N) is 1. The normalized spacial score (nSPS) is 19.6. The van der Waals surface area contributed by atoms with E-state index in [4.69, 9.17) is 4.42 Å². The third-order valence-corrected chi connectivity index (χ3v) is 20.0. The Labute approximate surface area is 432 Å². The molecule has 0 bridgehead atoms. The van der Waals surface area contributed by atoms with Gasteiger partial charge in [0.2, 0.25) is 7.28 Å². The van der Waals surface area contributed by atoms with Crippen LogP contribution in [-0.2, 0) is 32.5 Å². The van der Waals surface area contributed by atoms with E-state index in [-0.39, 0.29) is 32.5 Å². The molecule has 0 saturated heterocycles. The van der Waals surface area contributed by atoms with Gasteiger partial charge in [0.25, 0.3) is 0 Å². The van der Waals surface area contributed by atoms with Gasteiger partial charge >= 0.3 is 0 Å². The number of anilines is 5. The summed E-state index contributed by atoms with van der Waals surface area (Å²) in [5.41, 5.74) is 23.2. The lowest BCUT2D eigenvalue weighted by Gasteiger charge is -2.44. The summed E-state index contributed by atoms with van der Waals surface area (Å²) in [6, 6.07) is 42.5. The van der Waals surface area contributed by atoms with Gasteiger partial charge in [0, 0.05) is 54.6 Å². The van der Waals surface area contributed by atoms with Gasteiger partial charge in [0.1, 0.15) is 11.2 Å². The van der Waals surface area contributed by atoms with Crippen LogP contribution in [0.3, 0.4) is 0 Å². The van der Waals surface area contributed by atoms with E-state index in [1.807, 2.05) is 11.3 Å². The molecule has 0 spiro atoms. The van der Waals surface area contributed by atoms with Crippen LogP contribution in [0, 0.1) is 6.92 Å². The predicted octanol–water partition coefficient (Wildman–Crippen LogP) is 18.2. The van der Waals surface area contributed by atoms with Gasteiger partial charge in [-0.2, -0.15) is 0 Å². The van der Waals surface area contributed by atoms with E-state index in [9.17, 15) is 0 Å². The fourth-order valence-electron chi connectivity index (χ4n) is 13.8. The third-order valence-electron chi connectivity index (χ3n) is 18.8. The molecule has 4 aliphatic rings. The van der Waals surface area contributed by atoms with Crippen molar-refractivity contribution < 1.29 is 4.42 Å². The van der Waals surface area contributed by atoms with Crippen LogP contribution >= 0.6 is 11.3 Å². The average Bonchev–Trinajstić information content (AvgIpc) is 3.91. The lowest BCUT2D eigenvalue weighted by Crippen LogP contribution is -2.42. The van der Waals surface area contributed by atoms with Crippen molar-refractivity contribution in [3.05, 3.63) is 148 Å². The van der Waals surface area contributed by atoms with Crippen molar-refractivity contribution in [2.75, 3.05) is 10.2 Å². The number of aryl methyl sites for hydroxylation is 1. The Kier molecular flexibility index (Phi) is 9.69. The summed E-state index contributed by atoms with van der Waals surface area (Å²) in [4.78, 5) is 2.66. The maximum Gasteiger partial charge on any atom is 0.203 e. The summed E-state index contributed by atoms with van der Waals surface area (Å²) in [6.07, 6.45) is 7.00. The van der Waals surface area contributed by atoms with Gasteiger partial charge in [-0.05, 0) is 194 Å². The van der Waals surface area contributed by atoms with Gasteiger partial charge in [-0.15, -0.1) is 11.3 Å². The largest absolute Gasteiger partial charge is 0.457 e. The maximum atomic E-state index is 7.05. The van der Waals surface area contributed by atoms with Crippen LogP contribution < -0.4 is 21.1 Å². The van der Waals surface area contributed by atoms with Gasteiger partial charge in [0.05, 0.1) is 10.4 Å². The number of hydrogen-bond acceptors (Lipinski definition) is 4. The molecule has 7 aromatic carbocycles. The number of thiophene rings is 1. The van der Waals surface area contributed by atoms with Crippen LogP contribution in [0.2, 0.25) is 0 Å². The van der Waals surface area contributed by atoms with E-state index in [1.165, 1.54) is 106 Å². The van der Waals surface area contributed by atoms with Gasteiger partial charge in [-0.25, -0.2) is 0 Å². The van der Waals surface area contributed by atoms with Crippen LogP contribution in [0.1, 0.15) is 161 Å². The molecule has 3 nitrogen and oxygen atoms in total. The molecule has 72 heavy (non-hydrogen) atoms. The molecule has 1 radical (unpaired) electrons. The van der Waals surface area contributed by atoms with Crippen LogP contribution in [0.4, 0.5) is 28.4 Å². The predicted molar refractivity (Wildman–Crippen MR) is 312 cm³/mol. The molecule has 13 rings (SSSR count). The number of benzene rings is 7. The number of fused-ring (bicyclic) bond motifs is 13. The minimum Gasteiger partial charge on any atom is -0.457 e. The van der Waals surface area contributed by atoms with Crippen molar-refractivity contribution in [3.8, 4) is 11.1 Å². The number of rotatable bonds is 4. The monoisotopic (exact) mass is 962 g/mol. The average molecular weight is 962 g/mol. The van der Waals surface area contributed by atoms with Gasteiger partial charge < -0.3 is 14.6 Å². The first-order chi connectivity index (χ1) is 34.0. The number of nitrogens with one attached hydrogen (secondary N) is 1. The highest BCUT2D eigenvalue weighted by Crippen LogP contribution is 2.55. The fraction of sp³-hybridized carbons (Fsp3) is 0.373. The zero-order chi connectivity index (χ0) is 50.2. The highest BCUT2D eigenvalue weighted by molar-refractivity contribution is 7.26. The molecule has 1 N–H and O–H groups in total. The third kappa shape index (κ3) is 6.74. The fourth-order valence-corrected chi connectivity index (χ4v) is 15.0. The number of hydrogen-bond donors (Lipinski definition) is 1. The molecule has 0 atom stereocenters. The SMILES string of the molecule is Cc1cc2c(cc1N1c3ccc4c(oc5ccccc54)c3[B]c3c(-c4cc5c(cc4Nc4ccc6c(c4)C(C)(C)CCC6(C)C)C(C)(C)CCC5(C)C)cc4c(sc5ccccc54)c31)C(C)(C)CCC2(C)C. The first-order valence-corrected chi connectivity index (χ1v) is 27.7. The Morgan fingerprint density at radius 3 is 1.74 bits per heavy atom. The lowest BCUT2D eigenvalue weighted by atomic mass is 9.57. The molecule has 3 aliphatic carbocycles. The van der Waals surface area contributed by atoms with Crippen LogP contribution in [0.15, 0.2) is 114 Å². The Balaban J connectivity index is 1.15. The second kappa shape index (κ2) is 15.2. The number of furan rings is 1. The zero-order valence-corrected chi connectivity index (χ0v) is 45.8. The molecule has 0 fully saturated rings. The summed E-state index contributed by atoms with van der Waals surface area (Å²) in [7, 11) is 2.51. The molecule has 9 aromatic rings. The van der Waals surface area contributed by atoms with Crippen LogP contribution in [0.5, 0.6) is 0 Å². The molecule has 3 heterocycles. The van der Waals surface area contributed by atoms with Crippen molar-refractivity contribution in [2.45, 2.75) is 161 Å². The minimum atomic E-state index is 0.00239. The molecule has 363 valence electrons. The second-order valence-electron chi connectivity index (χ2n) is 26.4. The van der Waals surface area contributed by atoms with E-state index in [1.54, 1.807) is 0 Å². The Hall–Kier alpha value is -5.78. The topological polar surface area (TPSA) is 28.4 Å². The molecule has 0 amide bonds. The molecular formula is C67H70BN2OS. The van der Waals surface area contributed by atoms with E-state index < -0.39 is 0 Å². The smallest absolute Gasteiger partial charge is 0.203 e. The Morgan fingerprint density at radius 1 is 0.486 bits per heavy atom. The zero-order valence-electron chi connectivity index (χ0n) is 45.0. The number of para-hydroxylation sites is 1. The minimum absolute atomic E-state index is 0.00239. The molecule has 0 saturated carbocycles. The summed E-state index contributed by atoms with van der Waals surface area (Å²) in [5, 5.41) is 9.12. The summed E-state index contributed by atoms with van der Waals surface area (Å²) in [6.45, 7) is 31.8. The first kappa shape index (κ1) is 46.0. The van der Waals surface area contributed by atoms with E-state index >= 15 is 0 Å². The van der Waals surface area contributed by atoms with Gasteiger partial charge in [-0.1, -0.05) is 132 Å². The van der Waals surface area contributed by atoms with E-state index in [0.29, 0.717) is 0 Å². The summed E-state index contributed by atoms with van der Waals surface area (Å²) < 4.78 is 9.67. The van der Waals surface area contributed by atoms with Crippen molar-refractivity contribution >= 4 is 100 Å². The lowest BCUT2D eigenvalue weighted by molar-refractivity contribution is 0.332. The van der Waals surface area contributed by atoms with Crippen LogP contribution in [-0.4, -0.2) is 7.28 Å². The molecule has 2 aromatic heterocycles. The van der Waals surface area contributed by atoms with E-state index in [2.05, 4.69) is 217 Å². The molecule has 5 heteroatoms. The van der Waals surface area contributed by atoms with Crippen molar-refractivity contribution in [1.82, 2.24) is 0 Å². The highest BCUT2D eigenvalue weighted by Gasteiger charge is 2.43. The first-order valence-electron chi connectivity index (χ1n) is 26.9. The second-order valence-corrected chi connectivity index (χ2v) is 27.5.